The van der Waals surface area contributed by atoms with Gasteiger partial charge < -0.3 is 10.1 Å². The summed E-state index contributed by atoms with van der Waals surface area (Å²) in [5, 5.41) is 9.88. The van der Waals surface area contributed by atoms with Crippen LogP contribution in [0.5, 0.6) is 5.75 Å². The van der Waals surface area contributed by atoms with E-state index in [1.54, 1.807) is 36.4 Å². The number of carbonyl (C=O) groups is 1. The Labute approximate surface area is 194 Å². The molecule has 4 rings (SSSR count). The van der Waals surface area contributed by atoms with Crippen LogP contribution in [0.15, 0.2) is 78.9 Å². The second-order valence-corrected chi connectivity index (χ2v) is 7.55. The first-order valence-corrected chi connectivity index (χ1v) is 10.7. The Morgan fingerprint density at radius 2 is 1.74 bits per heavy atom. The normalized spacial score (nSPS) is 11.3. The van der Waals surface area contributed by atoms with Gasteiger partial charge in [0.1, 0.15) is 5.75 Å². The van der Waals surface area contributed by atoms with Crippen LogP contribution in [0.4, 0.5) is 13.2 Å². The zero-order valence-corrected chi connectivity index (χ0v) is 18.3. The van der Waals surface area contributed by atoms with Gasteiger partial charge in [-0.1, -0.05) is 42.5 Å². The van der Waals surface area contributed by atoms with Crippen LogP contribution in [0.1, 0.15) is 28.4 Å². The molecule has 8 heteroatoms. The predicted octanol–water partition coefficient (Wildman–Crippen LogP) is 6.09. The monoisotopic (exact) mass is 465 g/mol. The summed E-state index contributed by atoms with van der Waals surface area (Å²) in [4.78, 5) is 12.6. The van der Waals surface area contributed by atoms with Crippen molar-refractivity contribution < 1.29 is 22.7 Å². The Morgan fingerprint density at radius 1 is 0.971 bits per heavy atom. The van der Waals surface area contributed by atoms with Gasteiger partial charge in [-0.3, -0.25) is 9.89 Å². The molecule has 0 saturated heterocycles. The second kappa shape index (κ2) is 9.82. The summed E-state index contributed by atoms with van der Waals surface area (Å²) in [7, 11) is 0. The molecule has 0 fully saturated rings. The first-order valence-electron chi connectivity index (χ1n) is 10.7. The highest BCUT2D eigenvalue weighted by Gasteiger charge is 2.30. The molecule has 2 N–H and O–H groups in total. The number of carbonyl (C=O) groups excluding carboxylic acids is 1. The van der Waals surface area contributed by atoms with Crippen molar-refractivity contribution in [2.45, 2.75) is 19.6 Å². The van der Waals surface area contributed by atoms with Crippen molar-refractivity contribution in [3.05, 3.63) is 95.6 Å². The standard InChI is InChI=1S/C26H22F3N3O2/c1-2-34-24-9-4-3-6-20(24)16-30-25(33)18-12-10-17(11-13-18)22-15-23(32-31-22)19-7-5-8-21(14-19)26(27,28)29/h3-15H,2,16H2,1H3,(H,30,33)(H,31,32). The van der Waals surface area contributed by atoms with Gasteiger partial charge in [-0.15, -0.1) is 0 Å². The lowest BCUT2D eigenvalue weighted by atomic mass is 10.1. The highest BCUT2D eigenvalue weighted by Crippen LogP contribution is 2.32. The van der Waals surface area contributed by atoms with Gasteiger partial charge >= 0.3 is 6.18 Å². The summed E-state index contributed by atoms with van der Waals surface area (Å²) in [6.07, 6.45) is -4.42. The van der Waals surface area contributed by atoms with Gasteiger partial charge in [-0.05, 0) is 48.9 Å². The molecular formula is C26H22F3N3O2. The quantitative estimate of drug-likeness (QED) is 0.347. The van der Waals surface area contributed by atoms with E-state index < -0.39 is 11.7 Å². The average molecular weight is 465 g/mol. The highest BCUT2D eigenvalue weighted by molar-refractivity contribution is 5.94. The minimum atomic E-state index is -4.42. The Morgan fingerprint density at radius 3 is 2.47 bits per heavy atom. The first-order chi connectivity index (χ1) is 16.3. The molecule has 1 heterocycles. The number of amides is 1. The maximum absolute atomic E-state index is 13.0. The maximum atomic E-state index is 13.0. The number of benzene rings is 3. The molecule has 0 bridgehead atoms. The number of aromatic amines is 1. The fourth-order valence-electron chi connectivity index (χ4n) is 3.50. The van der Waals surface area contributed by atoms with Crippen LogP contribution >= 0.6 is 0 Å². The smallest absolute Gasteiger partial charge is 0.416 e. The van der Waals surface area contributed by atoms with Gasteiger partial charge in [0, 0.05) is 23.2 Å². The third kappa shape index (κ3) is 5.28. The number of nitrogens with one attached hydrogen (secondary N) is 2. The zero-order valence-electron chi connectivity index (χ0n) is 18.3. The number of ether oxygens (including phenoxy) is 1. The number of hydrogen-bond donors (Lipinski definition) is 2. The van der Waals surface area contributed by atoms with E-state index in [0.29, 0.717) is 35.7 Å². The Kier molecular flexibility index (Phi) is 6.67. The van der Waals surface area contributed by atoms with Crippen molar-refractivity contribution in [3.8, 4) is 28.3 Å². The van der Waals surface area contributed by atoms with E-state index in [9.17, 15) is 18.0 Å². The summed E-state index contributed by atoms with van der Waals surface area (Å²) in [6, 6.07) is 21.1. The Bertz CT molecular complexity index is 1280. The van der Waals surface area contributed by atoms with Crippen LogP contribution < -0.4 is 10.1 Å². The summed E-state index contributed by atoms with van der Waals surface area (Å²) in [5.74, 6) is 0.503. The lowest BCUT2D eigenvalue weighted by Gasteiger charge is -2.11. The third-order valence-corrected chi connectivity index (χ3v) is 5.23. The van der Waals surface area contributed by atoms with Gasteiger partial charge in [-0.25, -0.2) is 0 Å². The molecule has 0 atom stereocenters. The lowest BCUT2D eigenvalue weighted by molar-refractivity contribution is -0.137. The molecule has 3 aromatic carbocycles. The first kappa shape index (κ1) is 23.1. The molecule has 1 amide bonds. The van der Waals surface area contributed by atoms with Crippen molar-refractivity contribution in [2.75, 3.05) is 6.61 Å². The molecule has 4 aromatic rings. The molecule has 0 aliphatic carbocycles. The fraction of sp³-hybridized carbons (Fsp3) is 0.154. The molecule has 0 saturated carbocycles. The van der Waals surface area contributed by atoms with Crippen LogP contribution in [0, 0.1) is 0 Å². The van der Waals surface area contributed by atoms with Crippen molar-refractivity contribution in [1.29, 1.82) is 0 Å². The molecule has 0 unspecified atom stereocenters. The molecule has 174 valence electrons. The number of aromatic nitrogens is 2. The summed E-state index contributed by atoms with van der Waals surface area (Å²) < 4.78 is 44.6. The van der Waals surface area contributed by atoms with E-state index in [-0.39, 0.29) is 5.91 Å². The molecule has 1 aromatic heterocycles. The highest BCUT2D eigenvalue weighted by atomic mass is 19.4. The number of hydrogen-bond acceptors (Lipinski definition) is 3. The third-order valence-electron chi connectivity index (χ3n) is 5.23. The van der Waals surface area contributed by atoms with E-state index in [1.165, 1.54) is 6.07 Å². The fourth-order valence-corrected chi connectivity index (χ4v) is 3.50. The van der Waals surface area contributed by atoms with E-state index in [0.717, 1.165) is 29.0 Å². The van der Waals surface area contributed by atoms with Gasteiger partial charge in [0.2, 0.25) is 0 Å². The van der Waals surface area contributed by atoms with Crippen molar-refractivity contribution in [3.63, 3.8) is 0 Å². The Hall–Kier alpha value is -4.07. The van der Waals surface area contributed by atoms with Gasteiger partial charge in [-0.2, -0.15) is 18.3 Å². The van der Waals surface area contributed by atoms with Crippen LogP contribution in [0.3, 0.4) is 0 Å². The number of rotatable bonds is 7. The van der Waals surface area contributed by atoms with E-state index >= 15 is 0 Å². The van der Waals surface area contributed by atoms with Crippen LogP contribution in [0.25, 0.3) is 22.5 Å². The lowest BCUT2D eigenvalue weighted by Crippen LogP contribution is -2.23. The van der Waals surface area contributed by atoms with E-state index in [4.69, 9.17) is 4.74 Å². The SMILES string of the molecule is CCOc1ccccc1CNC(=O)c1ccc(-c2cc(-c3cccc(C(F)(F)F)c3)n[nH]2)cc1. The van der Waals surface area contributed by atoms with Crippen molar-refractivity contribution >= 4 is 5.91 Å². The largest absolute Gasteiger partial charge is 0.494 e. The minimum absolute atomic E-state index is 0.230. The number of halogens is 3. The minimum Gasteiger partial charge on any atom is -0.494 e. The summed E-state index contributed by atoms with van der Waals surface area (Å²) >= 11 is 0. The Balaban J connectivity index is 1.44. The maximum Gasteiger partial charge on any atom is 0.416 e. The number of para-hydroxylation sites is 1. The second-order valence-electron chi connectivity index (χ2n) is 7.55. The number of H-pyrrole nitrogens is 1. The molecule has 0 spiro atoms. The zero-order chi connectivity index (χ0) is 24.1. The van der Waals surface area contributed by atoms with Crippen LogP contribution in [-0.2, 0) is 12.7 Å². The van der Waals surface area contributed by atoms with Crippen molar-refractivity contribution in [2.24, 2.45) is 0 Å². The number of alkyl halides is 3. The number of nitrogens with zero attached hydrogens (tertiary/aromatic N) is 1. The average Bonchev–Trinajstić information content (AvgIpc) is 3.34. The molecule has 5 nitrogen and oxygen atoms in total. The molecule has 0 aliphatic rings. The van der Waals surface area contributed by atoms with E-state index in [1.807, 2.05) is 31.2 Å². The molecule has 0 radical (unpaired) electrons. The molecule has 0 aliphatic heterocycles. The molecule has 34 heavy (non-hydrogen) atoms. The topological polar surface area (TPSA) is 67.0 Å². The van der Waals surface area contributed by atoms with Gasteiger partial charge in [0.15, 0.2) is 0 Å². The summed E-state index contributed by atoms with van der Waals surface area (Å²) in [6.45, 7) is 2.77. The van der Waals surface area contributed by atoms with Gasteiger partial charge in [0.25, 0.3) is 5.91 Å². The summed E-state index contributed by atoms with van der Waals surface area (Å²) in [5.41, 5.74) is 2.78. The van der Waals surface area contributed by atoms with Crippen molar-refractivity contribution in [1.82, 2.24) is 15.5 Å². The van der Waals surface area contributed by atoms with Crippen LogP contribution in [-0.4, -0.2) is 22.7 Å². The van der Waals surface area contributed by atoms with E-state index in [2.05, 4.69) is 15.5 Å². The molecular weight excluding hydrogens is 443 g/mol. The van der Waals surface area contributed by atoms with Crippen LogP contribution in [0.2, 0.25) is 0 Å². The predicted molar refractivity (Wildman–Crippen MR) is 123 cm³/mol. The van der Waals surface area contributed by atoms with Gasteiger partial charge in [0.05, 0.1) is 23.6 Å².